The summed E-state index contributed by atoms with van der Waals surface area (Å²) in [6, 6.07) is 2.18. The zero-order valence-corrected chi connectivity index (χ0v) is 8.45. The molecule has 0 radical (unpaired) electrons. The zero-order chi connectivity index (χ0) is 8.69. The molecule has 0 bridgehead atoms. The maximum atomic E-state index is 8.38. The third-order valence-corrected chi connectivity index (χ3v) is 2.68. The van der Waals surface area contributed by atoms with Gasteiger partial charge in [0.05, 0.1) is 6.07 Å². The van der Waals surface area contributed by atoms with Gasteiger partial charge in [-0.15, -0.1) is 0 Å². The SMILES string of the molecule is CC(C)CCSC(C)CC#N. The number of thioether (sulfide) groups is 1. The van der Waals surface area contributed by atoms with E-state index in [4.69, 9.17) is 5.26 Å². The van der Waals surface area contributed by atoms with Crippen molar-refractivity contribution >= 4 is 11.8 Å². The van der Waals surface area contributed by atoms with E-state index in [1.807, 2.05) is 11.8 Å². The van der Waals surface area contributed by atoms with Gasteiger partial charge in [-0.25, -0.2) is 0 Å². The molecule has 0 saturated heterocycles. The van der Waals surface area contributed by atoms with Crippen LogP contribution in [0.3, 0.4) is 0 Å². The average Bonchev–Trinajstić information content (AvgIpc) is 1.87. The summed E-state index contributed by atoms with van der Waals surface area (Å²) in [5.41, 5.74) is 0. The molecule has 1 nitrogen and oxygen atoms in total. The van der Waals surface area contributed by atoms with Crippen molar-refractivity contribution in [1.82, 2.24) is 0 Å². The summed E-state index contributed by atoms with van der Waals surface area (Å²) in [5.74, 6) is 1.98. The molecule has 64 valence electrons. The van der Waals surface area contributed by atoms with Gasteiger partial charge < -0.3 is 0 Å². The summed E-state index contributed by atoms with van der Waals surface area (Å²) in [6.45, 7) is 6.58. The molecule has 0 N–H and O–H groups in total. The summed E-state index contributed by atoms with van der Waals surface area (Å²) in [7, 11) is 0. The summed E-state index contributed by atoms with van der Waals surface area (Å²) in [4.78, 5) is 0. The van der Waals surface area contributed by atoms with E-state index in [0.29, 0.717) is 11.7 Å². The van der Waals surface area contributed by atoms with E-state index in [1.54, 1.807) is 0 Å². The van der Waals surface area contributed by atoms with E-state index < -0.39 is 0 Å². The van der Waals surface area contributed by atoms with Crippen LogP contribution in [0.15, 0.2) is 0 Å². The zero-order valence-electron chi connectivity index (χ0n) is 7.63. The van der Waals surface area contributed by atoms with Crippen molar-refractivity contribution in [2.45, 2.75) is 38.9 Å². The molecule has 0 spiro atoms. The van der Waals surface area contributed by atoms with Crippen LogP contribution in [-0.4, -0.2) is 11.0 Å². The molecule has 0 heterocycles. The number of hydrogen-bond acceptors (Lipinski definition) is 2. The molecule has 0 saturated carbocycles. The lowest BCUT2D eigenvalue weighted by atomic mass is 10.2. The predicted molar refractivity (Wildman–Crippen MR) is 51.6 cm³/mol. The van der Waals surface area contributed by atoms with E-state index in [-0.39, 0.29) is 0 Å². The van der Waals surface area contributed by atoms with E-state index >= 15 is 0 Å². The fourth-order valence-corrected chi connectivity index (χ4v) is 1.89. The molecule has 0 fully saturated rings. The van der Waals surface area contributed by atoms with Gasteiger partial charge in [0.1, 0.15) is 0 Å². The lowest BCUT2D eigenvalue weighted by Gasteiger charge is -2.07. The Bertz CT molecular complexity index is 126. The fraction of sp³-hybridized carbons (Fsp3) is 0.889. The highest BCUT2D eigenvalue weighted by Gasteiger charge is 2.01. The highest BCUT2D eigenvalue weighted by atomic mass is 32.2. The number of nitriles is 1. The van der Waals surface area contributed by atoms with Crippen LogP contribution in [-0.2, 0) is 0 Å². The third kappa shape index (κ3) is 7.74. The fourth-order valence-electron chi connectivity index (χ4n) is 0.692. The molecule has 0 aromatic carbocycles. The Hall–Kier alpha value is -0.160. The van der Waals surface area contributed by atoms with E-state index in [1.165, 1.54) is 12.2 Å². The first kappa shape index (κ1) is 10.8. The van der Waals surface area contributed by atoms with Crippen LogP contribution in [0.1, 0.15) is 33.6 Å². The second-order valence-electron chi connectivity index (χ2n) is 3.23. The van der Waals surface area contributed by atoms with Crippen LogP contribution in [0.25, 0.3) is 0 Å². The van der Waals surface area contributed by atoms with Crippen LogP contribution in [0.2, 0.25) is 0 Å². The van der Waals surface area contributed by atoms with Crippen molar-refractivity contribution in [2.75, 3.05) is 5.75 Å². The van der Waals surface area contributed by atoms with Crippen molar-refractivity contribution in [2.24, 2.45) is 5.92 Å². The Balaban J connectivity index is 3.18. The number of hydrogen-bond donors (Lipinski definition) is 0. The summed E-state index contributed by atoms with van der Waals surface area (Å²) < 4.78 is 0. The topological polar surface area (TPSA) is 23.8 Å². The standard InChI is InChI=1S/C9H17NS/c1-8(2)5-7-11-9(3)4-6-10/h8-9H,4-5,7H2,1-3H3. The average molecular weight is 171 g/mol. The molecule has 0 rings (SSSR count). The van der Waals surface area contributed by atoms with Crippen molar-refractivity contribution in [3.63, 3.8) is 0 Å². The molecule has 2 heteroatoms. The van der Waals surface area contributed by atoms with Crippen molar-refractivity contribution < 1.29 is 0 Å². The van der Waals surface area contributed by atoms with Crippen molar-refractivity contribution in [3.8, 4) is 6.07 Å². The molecule has 0 aliphatic rings. The Morgan fingerprint density at radius 1 is 1.36 bits per heavy atom. The second-order valence-corrected chi connectivity index (χ2v) is 4.77. The molecular weight excluding hydrogens is 154 g/mol. The third-order valence-electron chi connectivity index (χ3n) is 1.48. The van der Waals surface area contributed by atoms with E-state index in [0.717, 1.165) is 5.92 Å². The van der Waals surface area contributed by atoms with Gasteiger partial charge in [-0.2, -0.15) is 17.0 Å². The van der Waals surface area contributed by atoms with Crippen LogP contribution in [0, 0.1) is 17.2 Å². The quantitative estimate of drug-likeness (QED) is 0.634. The van der Waals surface area contributed by atoms with Gasteiger partial charge in [0, 0.05) is 11.7 Å². The molecule has 0 aromatic heterocycles. The molecule has 0 aromatic rings. The summed E-state index contributed by atoms with van der Waals surface area (Å²) >= 11 is 1.91. The van der Waals surface area contributed by atoms with E-state index in [2.05, 4.69) is 26.8 Å². The Kier molecular flexibility index (Phi) is 6.45. The van der Waals surface area contributed by atoms with Gasteiger partial charge in [-0.1, -0.05) is 20.8 Å². The summed E-state index contributed by atoms with van der Waals surface area (Å²) in [6.07, 6.45) is 1.95. The van der Waals surface area contributed by atoms with Gasteiger partial charge in [-0.3, -0.25) is 0 Å². The molecule has 0 aliphatic heterocycles. The monoisotopic (exact) mass is 171 g/mol. The minimum absolute atomic E-state index is 0.513. The van der Waals surface area contributed by atoms with Crippen LogP contribution < -0.4 is 0 Å². The van der Waals surface area contributed by atoms with Crippen LogP contribution in [0.4, 0.5) is 0 Å². The first-order valence-electron chi connectivity index (χ1n) is 4.15. The lowest BCUT2D eigenvalue weighted by Crippen LogP contribution is -1.97. The van der Waals surface area contributed by atoms with Crippen LogP contribution >= 0.6 is 11.8 Å². The van der Waals surface area contributed by atoms with Gasteiger partial charge in [0.25, 0.3) is 0 Å². The number of nitrogens with zero attached hydrogens (tertiary/aromatic N) is 1. The second kappa shape index (κ2) is 6.54. The predicted octanol–water partition coefficient (Wildman–Crippen LogP) is 3.07. The highest BCUT2D eigenvalue weighted by Crippen LogP contribution is 2.16. The Labute approximate surface area is 74.2 Å². The molecule has 1 unspecified atom stereocenters. The minimum atomic E-state index is 0.513. The molecule has 11 heavy (non-hydrogen) atoms. The molecule has 0 amide bonds. The van der Waals surface area contributed by atoms with Crippen molar-refractivity contribution in [3.05, 3.63) is 0 Å². The first-order chi connectivity index (χ1) is 5.16. The van der Waals surface area contributed by atoms with Gasteiger partial charge >= 0.3 is 0 Å². The van der Waals surface area contributed by atoms with E-state index in [9.17, 15) is 0 Å². The molecule has 1 atom stereocenters. The largest absolute Gasteiger partial charge is 0.198 e. The Morgan fingerprint density at radius 2 is 2.00 bits per heavy atom. The van der Waals surface area contributed by atoms with Gasteiger partial charge in [0.2, 0.25) is 0 Å². The smallest absolute Gasteiger partial charge is 0.0633 e. The Morgan fingerprint density at radius 3 is 2.45 bits per heavy atom. The van der Waals surface area contributed by atoms with Gasteiger partial charge in [0.15, 0.2) is 0 Å². The molecular formula is C9H17NS. The lowest BCUT2D eigenvalue weighted by molar-refractivity contribution is 0.631. The maximum absolute atomic E-state index is 8.38. The van der Waals surface area contributed by atoms with Crippen molar-refractivity contribution in [1.29, 1.82) is 5.26 Å². The first-order valence-corrected chi connectivity index (χ1v) is 5.20. The maximum Gasteiger partial charge on any atom is 0.0633 e. The highest BCUT2D eigenvalue weighted by molar-refractivity contribution is 7.99. The van der Waals surface area contributed by atoms with Gasteiger partial charge in [-0.05, 0) is 18.1 Å². The van der Waals surface area contributed by atoms with Crippen LogP contribution in [0.5, 0.6) is 0 Å². The normalized spacial score (nSPS) is 13.0. The summed E-state index contributed by atoms with van der Waals surface area (Å²) in [5, 5.41) is 8.89. The number of rotatable bonds is 5. The minimum Gasteiger partial charge on any atom is -0.198 e. The molecule has 0 aliphatic carbocycles.